The average molecular weight is 436 g/mol. The highest BCUT2D eigenvalue weighted by Crippen LogP contribution is 2.34. The van der Waals surface area contributed by atoms with Crippen molar-refractivity contribution in [2.45, 2.75) is 32.4 Å². The summed E-state index contributed by atoms with van der Waals surface area (Å²) < 4.78 is 40.1. The third kappa shape index (κ3) is 5.62. The molecular weight excluding hydrogens is 413 g/mol. The van der Waals surface area contributed by atoms with Crippen LogP contribution in [0.25, 0.3) is 0 Å². The number of halogens is 3. The molecule has 0 bridgehead atoms. The van der Waals surface area contributed by atoms with Gasteiger partial charge >= 0.3 is 6.18 Å². The number of hydrogen-bond donors (Lipinski definition) is 3. The monoisotopic (exact) mass is 436 g/mol. The molecule has 2 heterocycles. The standard InChI is InChI=1S/C20H23F3N6O2/c1-3-17(31)29(2)8-4-7-24-18-14(20(21,22)23)11-25-19(28-18)26-13-5-6-15-12(9-13)10-16(30)27-15/h5-6,9,11H,3-4,7-8,10H2,1-2H3,(H,27,30)(H2,24,25,26,28). The van der Waals surface area contributed by atoms with E-state index in [0.717, 1.165) is 11.8 Å². The second-order valence-corrected chi connectivity index (χ2v) is 7.12. The summed E-state index contributed by atoms with van der Waals surface area (Å²) in [5.74, 6) is -0.495. The van der Waals surface area contributed by atoms with Gasteiger partial charge in [-0.25, -0.2) is 4.98 Å². The molecule has 1 aromatic heterocycles. The Morgan fingerprint density at radius 2 is 2.10 bits per heavy atom. The van der Waals surface area contributed by atoms with Gasteiger partial charge in [0.15, 0.2) is 0 Å². The van der Waals surface area contributed by atoms with Crippen molar-refractivity contribution in [3.05, 3.63) is 35.5 Å². The highest BCUT2D eigenvalue weighted by Gasteiger charge is 2.35. The molecule has 2 amide bonds. The molecule has 0 fully saturated rings. The van der Waals surface area contributed by atoms with Crippen molar-refractivity contribution >= 4 is 35.0 Å². The number of rotatable bonds is 8. The lowest BCUT2D eigenvalue weighted by atomic mass is 10.1. The van der Waals surface area contributed by atoms with Crippen molar-refractivity contribution in [3.8, 4) is 0 Å². The maximum Gasteiger partial charge on any atom is 0.421 e. The van der Waals surface area contributed by atoms with E-state index in [0.29, 0.717) is 30.8 Å². The number of fused-ring (bicyclic) bond motifs is 1. The van der Waals surface area contributed by atoms with Gasteiger partial charge < -0.3 is 20.9 Å². The smallest absolute Gasteiger partial charge is 0.369 e. The zero-order valence-electron chi connectivity index (χ0n) is 17.1. The molecule has 2 aromatic rings. The van der Waals surface area contributed by atoms with Crippen LogP contribution in [-0.4, -0.2) is 46.8 Å². The van der Waals surface area contributed by atoms with Gasteiger partial charge in [-0.15, -0.1) is 0 Å². The Balaban J connectivity index is 1.71. The zero-order valence-corrected chi connectivity index (χ0v) is 17.1. The highest BCUT2D eigenvalue weighted by atomic mass is 19.4. The predicted octanol–water partition coefficient (Wildman–Crippen LogP) is 3.40. The van der Waals surface area contributed by atoms with Gasteiger partial charge in [-0.1, -0.05) is 6.92 Å². The molecule has 1 aliphatic heterocycles. The number of nitrogens with zero attached hydrogens (tertiary/aromatic N) is 3. The van der Waals surface area contributed by atoms with Crippen LogP contribution >= 0.6 is 0 Å². The summed E-state index contributed by atoms with van der Waals surface area (Å²) in [6.07, 6.45) is -2.83. The molecule has 0 radical (unpaired) electrons. The molecule has 1 aliphatic rings. The fraction of sp³-hybridized carbons (Fsp3) is 0.400. The average Bonchev–Trinajstić information content (AvgIpc) is 3.09. The highest BCUT2D eigenvalue weighted by molar-refractivity contribution is 5.99. The van der Waals surface area contributed by atoms with Crippen molar-refractivity contribution in [1.29, 1.82) is 0 Å². The minimum absolute atomic E-state index is 0.00832. The van der Waals surface area contributed by atoms with Crippen molar-refractivity contribution in [1.82, 2.24) is 14.9 Å². The second kappa shape index (κ2) is 9.19. The normalized spacial score (nSPS) is 12.9. The van der Waals surface area contributed by atoms with Crippen LogP contribution in [0.4, 0.5) is 36.3 Å². The number of nitrogens with one attached hydrogen (secondary N) is 3. The van der Waals surface area contributed by atoms with Crippen molar-refractivity contribution in [3.63, 3.8) is 0 Å². The van der Waals surface area contributed by atoms with E-state index in [1.807, 2.05) is 0 Å². The van der Waals surface area contributed by atoms with E-state index >= 15 is 0 Å². The summed E-state index contributed by atoms with van der Waals surface area (Å²) in [7, 11) is 1.65. The molecule has 0 atom stereocenters. The molecule has 3 N–H and O–H groups in total. The molecule has 0 saturated heterocycles. The number of amides is 2. The lowest BCUT2D eigenvalue weighted by molar-refractivity contribution is -0.137. The number of anilines is 4. The maximum atomic E-state index is 13.4. The van der Waals surface area contributed by atoms with Crippen LogP contribution in [0.5, 0.6) is 0 Å². The first kappa shape index (κ1) is 22.3. The maximum absolute atomic E-state index is 13.4. The minimum Gasteiger partial charge on any atom is -0.369 e. The molecule has 11 heteroatoms. The summed E-state index contributed by atoms with van der Waals surface area (Å²) in [5.41, 5.74) is 1.07. The Morgan fingerprint density at radius 1 is 1.32 bits per heavy atom. The molecule has 0 aliphatic carbocycles. The Bertz CT molecular complexity index is 980. The van der Waals surface area contributed by atoms with Crippen LogP contribution in [0.2, 0.25) is 0 Å². The first-order chi connectivity index (χ1) is 14.7. The third-order valence-corrected chi connectivity index (χ3v) is 4.77. The van der Waals surface area contributed by atoms with Gasteiger partial charge in [0.25, 0.3) is 0 Å². The van der Waals surface area contributed by atoms with Gasteiger partial charge in [0, 0.05) is 44.1 Å². The van der Waals surface area contributed by atoms with Crippen LogP contribution in [-0.2, 0) is 22.2 Å². The van der Waals surface area contributed by atoms with Crippen LogP contribution < -0.4 is 16.0 Å². The fourth-order valence-electron chi connectivity index (χ4n) is 3.14. The van der Waals surface area contributed by atoms with E-state index in [1.54, 1.807) is 32.2 Å². The summed E-state index contributed by atoms with van der Waals surface area (Å²) in [6.45, 7) is 2.37. The Kier molecular flexibility index (Phi) is 6.62. The van der Waals surface area contributed by atoms with Gasteiger partial charge in [0.1, 0.15) is 11.4 Å². The van der Waals surface area contributed by atoms with Crippen LogP contribution in [0.1, 0.15) is 30.9 Å². The Hall–Kier alpha value is -3.37. The molecule has 166 valence electrons. The zero-order chi connectivity index (χ0) is 22.6. The second-order valence-electron chi connectivity index (χ2n) is 7.12. The van der Waals surface area contributed by atoms with Gasteiger partial charge in [-0.2, -0.15) is 18.2 Å². The van der Waals surface area contributed by atoms with E-state index in [4.69, 9.17) is 0 Å². The van der Waals surface area contributed by atoms with Crippen molar-refractivity contribution in [2.24, 2.45) is 0 Å². The SMILES string of the molecule is CCC(=O)N(C)CCCNc1nc(Nc2ccc3c(c2)CC(=O)N3)ncc1C(F)(F)F. The fourth-order valence-corrected chi connectivity index (χ4v) is 3.14. The van der Waals surface area contributed by atoms with Gasteiger partial charge in [0.05, 0.1) is 6.42 Å². The first-order valence-electron chi connectivity index (χ1n) is 9.79. The van der Waals surface area contributed by atoms with E-state index in [-0.39, 0.29) is 36.5 Å². The number of aromatic nitrogens is 2. The van der Waals surface area contributed by atoms with E-state index in [9.17, 15) is 22.8 Å². The molecule has 3 rings (SSSR count). The topological polar surface area (TPSA) is 99.3 Å². The van der Waals surface area contributed by atoms with E-state index in [1.165, 1.54) is 4.90 Å². The molecule has 0 spiro atoms. The molecule has 0 unspecified atom stereocenters. The van der Waals surface area contributed by atoms with E-state index in [2.05, 4.69) is 25.9 Å². The van der Waals surface area contributed by atoms with E-state index < -0.39 is 11.7 Å². The lowest BCUT2D eigenvalue weighted by Crippen LogP contribution is -2.28. The quantitative estimate of drug-likeness (QED) is 0.549. The predicted molar refractivity (Wildman–Crippen MR) is 110 cm³/mol. The Labute approximate surface area is 177 Å². The summed E-state index contributed by atoms with van der Waals surface area (Å²) in [5, 5.41) is 8.29. The summed E-state index contributed by atoms with van der Waals surface area (Å²) in [6, 6.07) is 5.11. The van der Waals surface area contributed by atoms with Crippen molar-refractivity contribution < 1.29 is 22.8 Å². The number of benzene rings is 1. The molecule has 1 aromatic carbocycles. The minimum atomic E-state index is -4.62. The lowest BCUT2D eigenvalue weighted by Gasteiger charge is -2.18. The number of carbonyl (C=O) groups excluding carboxylic acids is 2. The van der Waals surface area contributed by atoms with Gasteiger partial charge in [-0.3, -0.25) is 9.59 Å². The van der Waals surface area contributed by atoms with Crippen LogP contribution in [0.15, 0.2) is 24.4 Å². The Morgan fingerprint density at radius 3 is 2.81 bits per heavy atom. The number of hydrogen-bond acceptors (Lipinski definition) is 6. The van der Waals surface area contributed by atoms with Crippen LogP contribution in [0.3, 0.4) is 0 Å². The molecule has 8 nitrogen and oxygen atoms in total. The van der Waals surface area contributed by atoms with Crippen molar-refractivity contribution in [2.75, 3.05) is 36.1 Å². The summed E-state index contributed by atoms with van der Waals surface area (Å²) in [4.78, 5) is 32.4. The molecule has 0 saturated carbocycles. The number of carbonyl (C=O) groups is 2. The van der Waals surface area contributed by atoms with Gasteiger partial charge in [-0.05, 0) is 30.2 Å². The first-order valence-corrected chi connectivity index (χ1v) is 9.79. The van der Waals surface area contributed by atoms with Gasteiger partial charge in [0.2, 0.25) is 17.8 Å². The number of alkyl halides is 3. The third-order valence-electron chi connectivity index (χ3n) is 4.77. The summed E-state index contributed by atoms with van der Waals surface area (Å²) >= 11 is 0. The molecule has 31 heavy (non-hydrogen) atoms. The molecular formula is C20H23F3N6O2. The largest absolute Gasteiger partial charge is 0.421 e. The van der Waals surface area contributed by atoms with Crippen LogP contribution in [0, 0.1) is 0 Å².